The predicted octanol–water partition coefficient (Wildman–Crippen LogP) is 10.1. The number of carboxylic acids is 1. The van der Waals surface area contributed by atoms with Gasteiger partial charge in [0.1, 0.15) is 12.6 Å². The van der Waals surface area contributed by atoms with Gasteiger partial charge >= 0.3 is 25.7 Å². The van der Waals surface area contributed by atoms with Gasteiger partial charge in [-0.05, 0) is 38.5 Å². The van der Waals surface area contributed by atoms with Gasteiger partial charge in [0.05, 0.1) is 13.2 Å². The molecule has 0 aromatic carbocycles. The van der Waals surface area contributed by atoms with Crippen LogP contribution in [0.4, 0.5) is 0 Å². The van der Waals surface area contributed by atoms with Crippen molar-refractivity contribution in [3.05, 3.63) is 12.2 Å². The van der Waals surface area contributed by atoms with Crippen molar-refractivity contribution in [3.8, 4) is 0 Å². The zero-order chi connectivity index (χ0) is 37.8. The van der Waals surface area contributed by atoms with Crippen molar-refractivity contribution in [2.24, 2.45) is 5.73 Å². The van der Waals surface area contributed by atoms with Crippen molar-refractivity contribution < 1.29 is 47.5 Å². The maximum atomic E-state index is 12.6. The molecule has 51 heavy (non-hydrogen) atoms. The minimum absolute atomic E-state index is 0.165. The van der Waals surface area contributed by atoms with Crippen LogP contribution in [0.25, 0.3) is 0 Å². The Morgan fingerprint density at radius 1 is 0.588 bits per heavy atom. The van der Waals surface area contributed by atoms with Crippen LogP contribution in [0.1, 0.15) is 187 Å². The smallest absolute Gasteiger partial charge is 0.472 e. The van der Waals surface area contributed by atoms with Crippen molar-refractivity contribution in [2.75, 3.05) is 19.8 Å². The average Bonchev–Trinajstić information content (AvgIpc) is 3.10. The van der Waals surface area contributed by atoms with Gasteiger partial charge in [-0.25, -0.2) is 4.57 Å². The van der Waals surface area contributed by atoms with Crippen LogP contribution in [0.15, 0.2) is 12.2 Å². The Bertz CT molecular complexity index is 932. The molecule has 3 atom stereocenters. The molecule has 0 amide bonds. The molecule has 0 radical (unpaired) electrons. The summed E-state index contributed by atoms with van der Waals surface area (Å²) in [6, 6.07) is -1.52. The molecule has 4 N–H and O–H groups in total. The Kier molecular flexibility index (Phi) is 34.0. The fourth-order valence-electron chi connectivity index (χ4n) is 5.53. The van der Waals surface area contributed by atoms with Crippen LogP contribution < -0.4 is 5.73 Å². The van der Waals surface area contributed by atoms with Gasteiger partial charge in [0.25, 0.3) is 0 Å². The summed E-state index contributed by atoms with van der Waals surface area (Å²) >= 11 is 0. The van der Waals surface area contributed by atoms with Crippen LogP contribution in [-0.2, 0) is 37.5 Å². The SMILES string of the molecule is CCCCCC/C=C/CCCCCCCCCC(=O)OC[C@H](COP(=O)(O)OC[C@H](N)C(=O)O)OC(=O)CCCCCCCCCCCCCC. The average molecular weight is 748 g/mol. The summed E-state index contributed by atoms with van der Waals surface area (Å²) in [5.41, 5.74) is 5.32. The van der Waals surface area contributed by atoms with Crippen molar-refractivity contribution in [2.45, 2.75) is 199 Å². The first-order chi connectivity index (χ1) is 24.6. The van der Waals surface area contributed by atoms with Crippen molar-refractivity contribution in [1.82, 2.24) is 0 Å². The summed E-state index contributed by atoms with van der Waals surface area (Å²) in [5, 5.41) is 8.86. The van der Waals surface area contributed by atoms with E-state index in [1.54, 1.807) is 0 Å². The Hall–Kier alpha value is -1.78. The number of phosphoric acid groups is 1. The number of nitrogens with two attached hydrogens (primary N) is 1. The normalized spacial score (nSPS) is 14.0. The highest BCUT2D eigenvalue weighted by atomic mass is 31.2. The number of rotatable bonds is 38. The largest absolute Gasteiger partial charge is 0.480 e. The molecule has 0 fully saturated rings. The highest BCUT2D eigenvalue weighted by Gasteiger charge is 2.28. The number of carbonyl (C=O) groups excluding carboxylic acids is 2. The standard InChI is InChI=1S/C39H74NO10P/c1-3-5-7-9-11-13-15-17-18-19-21-22-24-26-28-30-37(41)47-32-35(33-48-51(45,46)49-34-36(40)39(43)44)50-38(42)31-29-27-25-23-20-16-14-12-10-8-6-4-2/h13,15,35-36H,3-12,14,16-34,40H2,1-2H3,(H,43,44)(H,45,46)/b15-13+/t35-,36+/m1/s1. The lowest BCUT2D eigenvalue weighted by Gasteiger charge is -2.20. The molecule has 0 heterocycles. The number of carbonyl (C=O) groups is 3. The lowest BCUT2D eigenvalue weighted by Crippen LogP contribution is -2.34. The number of unbranched alkanes of at least 4 members (excludes halogenated alkanes) is 22. The number of allylic oxidation sites excluding steroid dienone is 2. The number of hydrogen-bond acceptors (Lipinski definition) is 9. The van der Waals surface area contributed by atoms with E-state index in [0.717, 1.165) is 44.9 Å². The van der Waals surface area contributed by atoms with Crippen molar-refractivity contribution in [1.29, 1.82) is 0 Å². The molecule has 0 bridgehead atoms. The van der Waals surface area contributed by atoms with E-state index in [4.69, 9.17) is 24.8 Å². The third kappa shape index (κ3) is 35.0. The Morgan fingerprint density at radius 2 is 0.980 bits per heavy atom. The Balaban J connectivity index is 4.38. The number of esters is 2. The van der Waals surface area contributed by atoms with Crippen molar-refractivity contribution >= 4 is 25.7 Å². The van der Waals surface area contributed by atoms with E-state index in [-0.39, 0.29) is 19.4 Å². The van der Waals surface area contributed by atoms with Gasteiger partial charge in [0, 0.05) is 12.8 Å². The molecular formula is C39H74NO10P. The first kappa shape index (κ1) is 49.2. The first-order valence-electron chi connectivity index (χ1n) is 20.2. The number of phosphoric ester groups is 1. The zero-order valence-electron chi connectivity index (χ0n) is 32.2. The second-order valence-electron chi connectivity index (χ2n) is 13.8. The fourth-order valence-corrected chi connectivity index (χ4v) is 6.31. The summed E-state index contributed by atoms with van der Waals surface area (Å²) in [6.45, 7) is 2.78. The van der Waals surface area contributed by atoms with E-state index in [0.29, 0.717) is 12.8 Å². The number of hydrogen-bond donors (Lipinski definition) is 3. The summed E-state index contributed by atoms with van der Waals surface area (Å²) in [5.74, 6) is -2.38. The van der Waals surface area contributed by atoms with E-state index in [2.05, 4.69) is 30.5 Å². The van der Waals surface area contributed by atoms with Crippen LogP contribution in [0.2, 0.25) is 0 Å². The molecule has 0 saturated carbocycles. The topological polar surface area (TPSA) is 172 Å². The number of ether oxygens (including phenoxy) is 2. The summed E-state index contributed by atoms with van der Waals surface area (Å²) < 4.78 is 32.6. The summed E-state index contributed by atoms with van der Waals surface area (Å²) in [4.78, 5) is 45.8. The molecule has 0 aliphatic carbocycles. The highest BCUT2D eigenvalue weighted by Crippen LogP contribution is 2.43. The minimum Gasteiger partial charge on any atom is -0.480 e. The number of carboxylic acid groups (broad SMARTS) is 1. The maximum absolute atomic E-state index is 12.6. The molecule has 0 saturated heterocycles. The van der Waals surface area contributed by atoms with Crippen LogP contribution in [0.5, 0.6) is 0 Å². The highest BCUT2D eigenvalue weighted by molar-refractivity contribution is 7.47. The van der Waals surface area contributed by atoms with Gasteiger partial charge in [0.2, 0.25) is 0 Å². The molecule has 0 spiro atoms. The van der Waals surface area contributed by atoms with Crippen LogP contribution in [0.3, 0.4) is 0 Å². The molecule has 0 aliphatic rings. The fraction of sp³-hybridized carbons (Fsp3) is 0.872. The third-order valence-electron chi connectivity index (χ3n) is 8.76. The summed E-state index contributed by atoms with van der Waals surface area (Å²) in [6.07, 6.45) is 32.7. The van der Waals surface area contributed by atoms with Gasteiger partial charge in [-0.3, -0.25) is 23.4 Å². The second-order valence-corrected chi connectivity index (χ2v) is 15.2. The molecule has 300 valence electrons. The maximum Gasteiger partial charge on any atom is 0.472 e. The van der Waals surface area contributed by atoms with E-state index in [1.165, 1.54) is 103 Å². The van der Waals surface area contributed by atoms with Gasteiger partial charge in [-0.1, -0.05) is 148 Å². The zero-order valence-corrected chi connectivity index (χ0v) is 33.1. The Labute approximate surface area is 309 Å². The van der Waals surface area contributed by atoms with E-state index < -0.39 is 51.1 Å². The lowest BCUT2D eigenvalue weighted by atomic mass is 10.0. The monoisotopic (exact) mass is 748 g/mol. The van der Waals surface area contributed by atoms with E-state index >= 15 is 0 Å². The van der Waals surface area contributed by atoms with E-state index in [1.807, 2.05) is 0 Å². The van der Waals surface area contributed by atoms with Gasteiger partial charge < -0.3 is 25.2 Å². The van der Waals surface area contributed by atoms with Crippen molar-refractivity contribution in [3.63, 3.8) is 0 Å². The van der Waals surface area contributed by atoms with Gasteiger partial charge in [0.15, 0.2) is 6.10 Å². The van der Waals surface area contributed by atoms with Crippen LogP contribution >= 0.6 is 7.82 Å². The molecule has 11 nitrogen and oxygen atoms in total. The van der Waals surface area contributed by atoms with Crippen LogP contribution in [0, 0.1) is 0 Å². The third-order valence-corrected chi connectivity index (χ3v) is 9.71. The lowest BCUT2D eigenvalue weighted by molar-refractivity contribution is -0.161. The summed E-state index contributed by atoms with van der Waals surface area (Å²) in [7, 11) is -4.71. The molecule has 0 aromatic heterocycles. The molecule has 0 aromatic rings. The van der Waals surface area contributed by atoms with Gasteiger partial charge in [-0.2, -0.15) is 0 Å². The predicted molar refractivity (Wildman–Crippen MR) is 203 cm³/mol. The number of aliphatic carboxylic acids is 1. The van der Waals surface area contributed by atoms with Gasteiger partial charge in [-0.15, -0.1) is 0 Å². The quantitative estimate of drug-likeness (QED) is 0.0237. The molecule has 0 aliphatic heterocycles. The van der Waals surface area contributed by atoms with Crippen LogP contribution in [-0.4, -0.2) is 59.9 Å². The molecular weight excluding hydrogens is 673 g/mol. The second kappa shape index (κ2) is 35.3. The molecule has 0 rings (SSSR count). The molecule has 1 unspecified atom stereocenters. The first-order valence-corrected chi connectivity index (χ1v) is 21.7. The Morgan fingerprint density at radius 3 is 1.45 bits per heavy atom. The van der Waals surface area contributed by atoms with E-state index in [9.17, 15) is 23.8 Å². The molecule has 12 heteroatoms. The minimum atomic E-state index is -4.71.